The van der Waals surface area contributed by atoms with Gasteiger partial charge in [0.2, 0.25) is 0 Å². The second-order valence-electron chi connectivity index (χ2n) is 3.56. The van der Waals surface area contributed by atoms with E-state index in [1.807, 2.05) is 13.3 Å². The lowest BCUT2D eigenvalue weighted by atomic mass is 10.2. The van der Waals surface area contributed by atoms with Crippen molar-refractivity contribution in [1.29, 1.82) is 0 Å². The highest BCUT2D eigenvalue weighted by molar-refractivity contribution is 7.62. The number of hydrogen-bond acceptors (Lipinski definition) is 2. The number of unbranched alkanes of at least 4 members (excludes halogenated alkanes) is 3. The van der Waals surface area contributed by atoms with Gasteiger partial charge >= 0.3 is 0 Å². The molecule has 0 atom stereocenters. The highest BCUT2D eigenvalue weighted by Crippen LogP contribution is 2.36. The van der Waals surface area contributed by atoms with Gasteiger partial charge in [0.25, 0.3) is 0 Å². The molecule has 0 bridgehead atoms. The summed E-state index contributed by atoms with van der Waals surface area (Å²) < 4.78 is 21.3. The van der Waals surface area contributed by atoms with Gasteiger partial charge < -0.3 is 4.57 Å². The van der Waals surface area contributed by atoms with Crippen molar-refractivity contribution in [1.82, 2.24) is 0 Å². The Labute approximate surface area is 76.7 Å². The fourth-order valence-corrected chi connectivity index (χ4v) is 2.36. The van der Waals surface area contributed by atoms with E-state index in [1.54, 1.807) is 0 Å². The van der Waals surface area contributed by atoms with Crippen LogP contribution in [0.1, 0.15) is 25.7 Å². The minimum Gasteiger partial charge on any atom is -0.324 e. The zero-order valence-electron chi connectivity index (χ0n) is 7.95. The van der Waals surface area contributed by atoms with E-state index in [4.69, 9.17) is 0 Å². The first-order chi connectivity index (χ1) is 5.56. The lowest BCUT2D eigenvalue weighted by Crippen LogP contribution is -1.87. The van der Waals surface area contributed by atoms with Gasteiger partial charge in [-0.05, 0) is 26.2 Å². The monoisotopic (exact) mass is 208 g/mol. The maximum absolute atomic E-state index is 11.3. The molecule has 0 rings (SSSR count). The van der Waals surface area contributed by atoms with Gasteiger partial charge in [0.1, 0.15) is 0 Å². The summed E-state index contributed by atoms with van der Waals surface area (Å²) in [6.07, 6.45) is 5.97. The van der Waals surface area contributed by atoms with Crippen molar-refractivity contribution in [2.45, 2.75) is 25.7 Å². The van der Waals surface area contributed by atoms with Crippen LogP contribution < -0.4 is 0 Å². The molecule has 0 saturated heterocycles. The molecule has 0 aromatic carbocycles. The van der Waals surface area contributed by atoms with E-state index in [1.165, 1.54) is 0 Å². The van der Waals surface area contributed by atoms with Crippen molar-refractivity contribution in [3.05, 3.63) is 0 Å². The molecular weight excluding hydrogens is 190 g/mol. The van der Waals surface area contributed by atoms with E-state index in [9.17, 15) is 9.13 Å². The molecule has 2 nitrogen and oxygen atoms in total. The van der Waals surface area contributed by atoms with Gasteiger partial charge in [-0.2, -0.15) is 0 Å². The van der Waals surface area contributed by atoms with Gasteiger partial charge in [-0.1, -0.05) is 12.8 Å². The molecule has 0 spiro atoms. The fraction of sp³-hybridized carbons (Fsp3) is 1.00. The minimum atomic E-state index is -1.78. The summed E-state index contributed by atoms with van der Waals surface area (Å²) in [5.41, 5.74) is 0. The minimum absolute atomic E-state index is 0.257. The predicted octanol–water partition coefficient (Wildman–Crippen LogP) is 3.46. The Morgan fingerprint density at radius 2 is 1.67 bits per heavy atom. The Morgan fingerprint density at radius 1 is 1.08 bits per heavy atom. The summed E-state index contributed by atoms with van der Waals surface area (Å²) in [6.45, 7) is 3.67. The van der Waals surface area contributed by atoms with E-state index in [0.717, 1.165) is 38.0 Å². The van der Waals surface area contributed by atoms with Crippen molar-refractivity contribution < 1.29 is 9.13 Å². The average molecular weight is 208 g/mol. The summed E-state index contributed by atoms with van der Waals surface area (Å²) in [7, 11) is -1.53. The predicted molar refractivity (Wildman–Crippen MR) is 55.3 cm³/mol. The van der Waals surface area contributed by atoms with E-state index in [-0.39, 0.29) is 8.46 Å². The van der Waals surface area contributed by atoms with Crippen LogP contribution in [-0.4, -0.2) is 25.7 Å². The Hall–Kier alpha value is 0.330. The maximum Gasteiger partial charge on any atom is 0.155 e. The molecule has 0 unspecified atom stereocenters. The van der Waals surface area contributed by atoms with E-state index in [0.29, 0.717) is 0 Å². The lowest BCUT2D eigenvalue weighted by Gasteiger charge is -2.04. The first-order valence-corrected chi connectivity index (χ1v) is 8.18. The fourth-order valence-electron chi connectivity index (χ4n) is 1.02. The van der Waals surface area contributed by atoms with Crippen LogP contribution in [0.2, 0.25) is 0 Å². The summed E-state index contributed by atoms with van der Waals surface area (Å²) in [5.74, 6) is 0. The smallest absolute Gasteiger partial charge is 0.155 e. The molecule has 12 heavy (non-hydrogen) atoms. The average Bonchev–Trinajstić information content (AvgIpc) is 1.94. The largest absolute Gasteiger partial charge is 0.324 e. The standard InChI is InChI=1S/C8H18O2P2/c1-12(2,10)8-6-4-3-5-7-11-9/h3-8H2,1-2H3. The molecule has 0 amide bonds. The van der Waals surface area contributed by atoms with Gasteiger partial charge in [-0.15, -0.1) is 0 Å². The Kier molecular flexibility index (Phi) is 6.99. The number of hydrogen-bond donors (Lipinski definition) is 0. The third kappa shape index (κ3) is 10.3. The molecule has 0 aliphatic carbocycles. The Balaban J connectivity index is 3.11. The van der Waals surface area contributed by atoms with Crippen LogP contribution in [0, 0.1) is 0 Å². The van der Waals surface area contributed by atoms with Crippen molar-refractivity contribution in [2.75, 3.05) is 25.7 Å². The molecule has 0 saturated carbocycles. The first-order valence-electron chi connectivity index (χ1n) is 4.39. The van der Waals surface area contributed by atoms with Crippen LogP contribution in [0.3, 0.4) is 0 Å². The molecule has 4 heteroatoms. The van der Waals surface area contributed by atoms with Crippen LogP contribution in [0.4, 0.5) is 0 Å². The van der Waals surface area contributed by atoms with E-state index >= 15 is 0 Å². The van der Waals surface area contributed by atoms with Gasteiger partial charge in [-0.25, -0.2) is 0 Å². The van der Waals surface area contributed by atoms with Gasteiger partial charge in [0.15, 0.2) is 8.46 Å². The molecule has 72 valence electrons. The quantitative estimate of drug-likeness (QED) is 0.474. The summed E-state index contributed by atoms with van der Waals surface area (Å²) in [5, 5.41) is 0. The third-order valence-corrected chi connectivity index (χ3v) is 3.59. The molecule has 0 N–H and O–H groups in total. The molecule has 0 aliphatic rings. The van der Waals surface area contributed by atoms with Crippen LogP contribution in [0.5, 0.6) is 0 Å². The second kappa shape index (κ2) is 6.80. The van der Waals surface area contributed by atoms with Crippen molar-refractivity contribution in [2.24, 2.45) is 0 Å². The van der Waals surface area contributed by atoms with Crippen LogP contribution in [-0.2, 0) is 9.13 Å². The zero-order valence-corrected chi connectivity index (χ0v) is 9.74. The molecule has 0 heterocycles. The highest BCUT2D eigenvalue weighted by atomic mass is 31.2. The topological polar surface area (TPSA) is 34.1 Å². The summed E-state index contributed by atoms with van der Waals surface area (Å²) in [6, 6.07) is 0. The number of rotatable bonds is 7. The first kappa shape index (κ1) is 12.3. The van der Waals surface area contributed by atoms with E-state index in [2.05, 4.69) is 0 Å². The van der Waals surface area contributed by atoms with Crippen molar-refractivity contribution in [3.63, 3.8) is 0 Å². The molecule has 0 aromatic heterocycles. The summed E-state index contributed by atoms with van der Waals surface area (Å²) in [4.78, 5) is 0. The van der Waals surface area contributed by atoms with Crippen molar-refractivity contribution >= 4 is 15.6 Å². The Bertz CT molecular complexity index is 162. The lowest BCUT2D eigenvalue weighted by molar-refractivity contribution is 0.577. The van der Waals surface area contributed by atoms with Gasteiger partial charge in [-0.3, -0.25) is 4.57 Å². The SMILES string of the molecule is CP(C)(=O)CCCCCCP=O. The van der Waals surface area contributed by atoms with Crippen LogP contribution >= 0.6 is 15.6 Å². The molecule has 0 aliphatic heterocycles. The molecular formula is C8H18O2P2. The summed E-state index contributed by atoms with van der Waals surface area (Å²) >= 11 is 0. The van der Waals surface area contributed by atoms with Crippen molar-refractivity contribution in [3.8, 4) is 0 Å². The van der Waals surface area contributed by atoms with Gasteiger partial charge in [0.05, 0.1) is 7.14 Å². The van der Waals surface area contributed by atoms with Crippen LogP contribution in [0.25, 0.3) is 0 Å². The molecule has 0 radical (unpaired) electrons. The molecule has 0 fully saturated rings. The third-order valence-electron chi connectivity index (χ3n) is 1.70. The maximum atomic E-state index is 11.3. The normalized spacial score (nSPS) is 12.2. The van der Waals surface area contributed by atoms with Crippen LogP contribution in [0.15, 0.2) is 0 Å². The molecule has 0 aromatic rings. The van der Waals surface area contributed by atoms with Gasteiger partial charge in [0, 0.05) is 12.3 Å². The zero-order chi connectivity index (χ0) is 9.45. The second-order valence-corrected chi connectivity index (χ2v) is 7.86. The Morgan fingerprint density at radius 3 is 2.17 bits per heavy atom. The highest BCUT2D eigenvalue weighted by Gasteiger charge is 2.04. The van der Waals surface area contributed by atoms with E-state index < -0.39 is 7.14 Å².